The lowest BCUT2D eigenvalue weighted by molar-refractivity contribution is 0.0751. The molecule has 0 spiro atoms. The van der Waals surface area contributed by atoms with Gasteiger partial charge in [0.15, 0.2) is 11.5 Å². The second-order valence-corrected chi connectivity index (χ2v) is 6.95. The number of amides is 1. The van der Waals surface area contributed by atoms with Gasteiger partial charge in [0, 0.05) is 23.2 Å². The summed E-state index contributed by atoms with van der Waals surface area (Å²) in [6, 6.07) is 10.9. The van der Waals surface area contributed by atoms with E-state index >= 15 is 0 Å². The molecule has 2 aromatic carbocycles. The van der Waals surface area contributed by atoms with E-state index in [1.165, 1.54) is 21.3 Å². The van der Waals surface area contributed by atoms with E-state index in [4.69, 9.17) is 14.2 Å². The third-order valence-corrected chi connectivity index (χ3v) is 5.02. The van der Waals surface area contributed by atoms with Crippen molar-refractivity contribution in [1.82, 2.24) is 9.88 Å². The Kier molecular flexibility index (Phi) is 6.30. The lowest BCUT2D eigenvalue weighted by Crippen LogP contribution is -2.32. The van der Waals surface area contributed by atoms with E-state index in [1.54, 1.807) is 17.0 Å². The molecule has 0 bridgehead atoms. The van der Waals surface area contributed by atoms with E-state index in [-0.39, 0.29) is 18.0 Å². The zero-order valence-corrected chi connectivity index (χ0v) is 17.9. The number of H-pyrrole nitrogens is 1. The van der Waals surface area contributed by atoms with Crippen molar-refractivity contribution >= 4 is 16.8 Å². The fourth-order valence-corrected chi connectivity index (χ4v) is 3.40. The van der Waals surface area contributed by atoms with Crippen LogP contribution in [0.3, 0.4) is 0 Å². The lowest BCUT2D eigenvalue weighted by Gasteiger charge is -2.22. The van der Waals surface area contributed by atoms with Crippen LogP contribution < -0.4 is 19.8 Å². The Bertz CT molecular complexity index is 1110. The number of fused-ring (bicyclic) bond motifs is 1. The van der Waals surface area contributed by atoms with Crippen molar-refractivity contribution in [3.8, 4) is 17.2 Å². The normalized spacial score (nSPS) is 10.7. The van der Waals surface area contributed by atoms with Gasteiger partial charge >= 0.3 is 0 Å². The molecule has 0 aliphatic heterocycles. The quantitative estimate of drug-likeness (QED) is 0.645. The second kappa shape index (κ2) is 8.90. The molecule has 158 valence electrons. The Morgan fingerprint density at radius 2 is 1.67 bits per heavy atom. The van der Waals surface area contributed by atoms with E-state index in [1.807, 2.05) is 38.1 Å². The smallest absolute Gasteiger partial charge is 0.254 e. The number of ether oxygens (including phenoxy) is 3. The highest BCUT2D eigenvalue weighted by molar-refractivity contribution is 5.95. The molecule has 1 aromatic heterocycles. The maximum Gasteiger partial charge on any atom is 0.254 e. The highest BCUT2D eigenvalue weighted by Gasteiger charge is 2.21. The minimum absolute atomic E-state index is 0.186. The molecular weight excluding hydrogens is 384 g/mol. The van der Waals surface area contributed by atoms with E-state index in [0.29, 0.717) is 34.9 Å². The number of nitrogens with one attached hydrogen (secondary N) is 1. The fraction of sp³-hybridized carbons (Fsp3) is 0.304. The summed E-state index contributed by atoms with van der Waals surface area (Å²) in [6.45, 7) is 4.46. The van der Waals surface area contributed by atoms with Crippen LogP contribution in [0.4, 0.5) is 0 Å². The Balaban J connectivity index is 1.96. The van der Waals surface area contributed by atoms with Crippen LogP contribution in [-0.4, -0.2) is 43.7 Å². The van der Waals surface area contributed by atoms with Gasteiger partial charge in [-0.05, 0) is 49.1 Å². The largest absolute Gasteiger partial charge is 0.493 e. The first-order valence-corrected chi connectivity index (χ1v) is 9.63. The summed E-state index contributed by atoms with van der Waals surface area (Å²) < 4.78 is 16.0. The maximum absolute atomic E-state index is 13.2. The molecule has 30 heavy (non-hydrogen) atoms. The van der Waals surface area contributed by atoms with Gasteiger partial charge in [0.05, 0.1) is 27.9 Å². The molecule has 0 radical (unpaired) electrons. The molecular formula is C23H26N2O5. The maximum atomic E-state index is 13.2. The molecule has 0 saturated carbocycles. The van der Waals surface area contributed by atoms with Gasteiger partial charge in [-0.1, -0.05) is 12.1 Å². The van der Waals surface area contributed by atoms with E-state index in [2.05, 4.69) is 4.98 Å². The van der Waals surface area contributed by atoms with Crippen LogP contribution in [-0.2, 0) is 6.54 Å². The van der Waals surface area contributed by atoms with Crippen LogP contribution in [0.1, 0.15) is 28.4 Å². The fourth-order valence-electron chi connectivity index (χ4n) is 3.40. The summed E-state index contributed by atoms with van der Waals surface area (Å²) in [5, 5.41) is 0.923. The molecule has 1 heterocycles. The number of hydrogen-bond donors (Lipinski definition) is 1. The third kappa shape index (κ3) is 4.10. The molecule has 0 aliphatic rings. The predicted molar refractivity (Wildman–Crippen MR) is 116 cm³/mol. The highest BCUT2D eigenvalue weighted by Crippen LogP contribution is 2.38. The molecule has 0 unspecified atom stereocenters. The number of nitrogens with zero attached hydrogens (tertiary/aromatic N) is 1. The Morgan fingerprint density at radius 3 is 2.23 bits per heavy atom. The van der Waals surface area contributed by atoms with Crippen LogP contribution in [0.2, 0.25) is 0 Å². The first-order chi connectivity index (χ1) is 14.4. The van der Waals surface area contributed by atoms with Crippen molar-refractivity contribution in [1.29, 1.82) is 0 Å². The number of rotatable bonds is 7. The molecule has 0 saturated heterocycles. The number of methoxy groups -OCH3 is 3. The Morgan fingerprint density at radius 1 is 1.00 bits per heavy atom. The zero-order chi connectivity index (χ0) is 21.8. The van der Waals surface area contributed by atoms with Gasteiger partial charge in [-0.2, -0.15) is 0 Å². The minimum Gasteiger partial charge on any atom is -0.493 e. The molecule has 3 aromatic rings. The predicted octanol–water partition coefficient (Wildman–Crippen LogP) is 3.52. The Labute approximate surface area is 175 Å². The van der Waals surface area contributed by atoms with Gasteiger partial charge in [0.25, 0.3) is 11.5 Å². The van der Waals surface area contributed by atoms with Gasteiger partial charge in [-0.25, -0.2) is 0 Å². The number of aromatic amines is 1. The molecule has 7 nitrogen and oxygen atoms in total. The van der Waals surface area contributed by atoms with Gasteiger partial charge < -0.3 is 24.1 Å². The van der Waals surface area contributed by atoms with Crippen LogP contribution in [0.5, 0.6) is 17.2 Å². The summed E-state index contributed by atoms with van der Waals surface area (Å²) >= 11 is 0. The van der Waals surface area contributed by atoms with E-state index < -0.39 is 0 Å². The van der Waals surface area contributed by atoms with Crippen LogP contribution in [0.15, 0.2) is 41.2 Å². The van der Waals surface area contributed by atoms with Crippen LogP contribution in [0.25, 0.3) is 10.9 Å². The second-order valence-electron chi connectivity index (χ2n) is 6.95. The van der Waals surface area contributed by atoms with Crippen molar-refractivity contribution in [2.24, 2.45) is 0 Å². The molecule has 0 fully saturated rings. The third-order valence-electron chi connectivity index (χ3n) is 5.02. The van der Waals surface area contributed by atoms with Gasteiger partial charge in [-0.15, -0.1) is 0 Å². The summed E-state index contributed by atoms with van der Waals surface area (Å²) in [5.41, 5.74) is 2.55. The molecule has 3 rings (SSSR count). The number of aromatic nitrogens is 1. The monoisotopic (exact) mass is 410 g/mol. The molecule has 7 heteroatoms. The molecule has 1 N–H and O–H groups in total. The first-order valence-electron chi connectivity index (χ1n) is 9.63. The van der Waals surface area contributed by atoms with E-state index in [0.717, 1.165) is 16.5 Å². The SMILES string of the molecule is CCN(Cc1cc2ccc(C)cc2[nH]c1=O)C(=O)c1cc(OC)c(OC)c(OC)c1. The number of pyridine rings is 1. The van der Waals surface area contributed by atoms with Crippen molar-refractivity contribution in [3.05, 3.63) is 63.4 Å². The summed E-state index contributed by atoms with van der Waals surface area (Å²) in [7, 11) is 4.51. The number of aryl methyl sites for hydroxylation is 1. The van der Waals surface area contributed by atoms with Crippen LogP contribution >= 0.6 is 0 Å². The summed E-state index contributed by atoms with van der Waals surface area (Å²) in [5.74, 6) is 0.978. The van der Waals surface area contributed by atoms with Gasteiger partial charge in [0.1, 0.15) is 0 Å². The highest BCUT2D eigenvalue weighted by atomic mass is 16.5. The van der Waals surface area contributed by atoms with E-state index in [9.17, 15) is 9.59 Å². The van der Waals surface area contributed by atoms with Gasteiger partial charge in [0.2, 0.25) is 5.75 Å². The standard InChI is InChI=1S/C23H26N2O5/c1-6-25(13-17-10-15-8-7-14(2)9-18(15)24-22(17)26)23(27)16-11-19(28-3)21(30-5)20(12-16)29-4/h7-12H,6,13H2,1-5H3,(H,24,26). The lowest BCUT2D eigenvalue weighted by atomic mass is 10.1. The topological polar surface area (TPSA) is 80.9 Å². The average molecular weight is 410 g/mol. The summed E-state index contributed by atoms with van der Waals surface area (Å²) in [4.78, 5) is 30.3. The number of hydrogen-bond acceptors (Lipinski definition) is 5. The van der Waals surface area contributed by atoms with Crippen LogP contribution in [0, 0.1) is 6.92 Å². The summed E-state index contributed by atoms with van der Waals surface area (Å²) in [6.07, 6.45) is 0. The van der Waals surface area contributed by atoms with Crippen molar-refractivity contribution in [2.45, 2.75) is 20.4 Å². The van der Waals surface area contributed by atoms with Crippen molar-refractivity contribution < 1.29 is 19.0 Å². The number of carbonyl (C=O) groups is 1. The van der Waals surface area contributed by atoms with Gasteiger partial charge in [-0.3, -0.25) is 9.59 Å². The first kappa shape index (κ1) is 21.2. The number of benzene rings is 2. The van der Waals surface area contributed by atoms with Crippen molar-refractivity contribution in [3.63, 3.8) is 0 Å². The molecule has 0 aliphatic carbocycles. The average Bonchev–Trinajstić information content (AvgIpc) is 2.76. The molecule has 0 atom stereocenters. The minimum atomic E-state index is -0.236. The number of carbonyl (C=O) groups excluding carboxylic acids is 1. The zero-order valence-electron chi connectivity index (χ0n) is 17.9. The van der Waals surface area contributed by atoms with Crippen molar-refractivity contribution in [2.75, 3.05) is 27.9 Å². The Hall–Kier alpha value is -3.48. The molecule has 1 amide bonds.